The minimum atomic E-state index is -4.03. The molecule has 1 aliphatic heterocycles. The van der Waals surface area contributed by atoms with Crippen molar-refractivity contribution < 1.29 is 28.3 Å². The molecule has 8 nitrogen and oxygen atoms in total. The summed E-state index contributed by atoms with van der Waals surface area (Å²) in [6.45, 7) is 3.63. The minimum Gasteiger partial charge on any atom is -0.478 e. The first-order chi connectivity index (χ1) is 14.1. The van der Waals surface area contributed by atoms with Crippen LogP contribution in [0.5, 0.6) is 0 Å². The molecule has 1 fully saturated rings. The number of amides is 1. The molecule has 30 heavy (non-hydrogen) atoms. The first kappa shape index (κ1) is 22.3. The summed E-state index contributed by atoms with van der Waals surface area (Å²) < 4.78 is 26.9. The van der Waals surface area contributed by atoms with E-state index in [1.807, 2.05) is 0 Å². The van der Waals surface area contributed by atoms with Crippen LogP contribution in [0.3, 0.4) is 0 Å². The topological polar surface area (TPSA) is 124 Å². The highest BCUT2D eigenvalue weighted by molar-refractivity contribution is 8.00. The average Bonchev–Trinajstić information content (AvgIpc) is 2.72. The number of hydrogen-bond acceptors (Lipinski definition) is 6. The van der Waals surface area contributed by atoms with Gasteiger partial charge in [0.25, 0.3) is 5.91 Å². The van der Waals surface area contributed by atoms with E-state index in [1.54, 1.807) is 49.7 Å². The zero-order valence-corrected chi connectivity index (χ0v) is 18.0. The van der Waals surface area contributed by atoms with Crippen LogP contribution in [0.1, 0.15) is 24.2 Å². The Labute approximate surface area is 178 Å². The number of hydroxylamine groups is 1. The molecule has 0 bridgehead atoms. The van der Waals surface area contributed by atoms with E-state index in [4.69, 9.17) is 5.21 Å². The fraction of sp³-hybridized carbons (Fsp3) is 0.300. The quantitative estimate of drug-likeness (QED) is 0.472. The van der Waals surface area contributed by atoms with E-state index < -0.39 is 32.7 Å². The van der Waals surface area contributed by atoms with Crippen molar-refractivity contribution in [2.45, 2.75) is 29.5 Å². The molecule has 2 aromatic carbocycles. The highest BCUT2D eigenvalue weighted by atomic mass is 32.2. The number of thioether (sulfide) groups is 1. The third-order valence-corrected chi connectivity index (χ3v) is 8.25. The molecule has 0 spiro atoms. The fourth-order valence-corrected chi connectivity index (χ4v) is 6.69. The molecule has 3 rings (SSSR count). The van der Waals surface area contributed by atoms with E-state index in [9.17, 15) is 23.1 Å². The highest BCUT2D eigenvalue weighted by Gasteiger charge is 2.48. The summed E-state index contributed by atoms with van der Waals surface area (Å²) in [6.07, 6.45) is 0. The van der Waals surface area contributed by atoms with E-state index in [0.717, 1.165) is 4.31 Å². The van der Waals surface area contributed by atoms with Crippen LogP contribution in [0.15, 0.2) is 53.4 Å². The van der Waals surface area contributed by atoms with Crippen molar-refractivity contribution in [3.63, 3.8) is 0 Å². The lowest BCUT2D eigenvalue weighted by Gasteiger charge is -2.43. The number of sulfonamides is 1. The van der Waals surface area contributed by atoms with E-state index >= 15 is 0 Å². The number of carboxylic acids is 1. The number of rotatable bonds is 5. The Balaban J connectivity index is 1.99. The van der Waals surface area contributed by atoms with Crippen LogP contribution in [0, 0.1) is 0 Å². The SMILES string of the molecule is CC1(C)SCCN(S(=O)(=O)c2ccc(-c3ccccc3C(=O)O)cc2)C1C(=O)NO. The fourth-order valence-electron chi connectivity index (χ4n) is 3.58. The van der Waals surface area contributed by atoms with Crippen molar-refractivity contribution in [3.05, 3.63) is 54.1 Å². The van der Waals surface area contributed by atoms with Gasteiger partial charge in [0.15, 0.2) is 0 Å². The van der Waals surface area contributed by atoms with Gasteiger partial charge in [-0.15, -0.1) is 0 Å². The Bertz CT molecular complexity index is 1070. The van der Waals surface area contributed by atoms with Crippen molar-refractivity contribution >= 4 is 33.7 Å². The van der Waals surface area contributed by atoms with Crippen molar-refractivity contribution in [3.8, 4) is 11.1 Å². The Morgan fingerprint density at radius 2 is 1.77 bits per heavy atom. The number of nitrogens with one attached hydrogen (secondary N) is 1. The van der Waals surface area contributed by atoms with Gasteiger partial charge in [-0.1, -0.05) is 30.3 Å². The molecule has 0 saturated carbocycles. The van der Waals surface area contributed by atoms with Crippen molar-refractivity contribution in [2.24, 2.45) is 0 Å². The summed E-state index contributed by atoms with van der Waals surface area (Å²) in [5, 5.41) is 18.5. The van der Waals surface area contributed by atoms with Crippen LogP contribution in [0.25, 0.3) is 11.1 Å². The van der Waals surface area contributed by atoms with Gasteiger partial charge >= 0.3 is 5.97 Å². The monoisotopic (exact) mass is 450 g/mol. The molecule has 0 aromatic heterocycles. The van der Waals surface area contributed by atoms with Crippen LogP contribution in [0.2, 0.25) is 0 Å². The zero-order chi connectivity index (χ0) is 22.1. The molecule has 0 aliphatic carbocycles. The predicted molar refractivity (Wildman–Crippen MR) is 113 cm³/mol. The van der Waals surface area contributed by atoms with Gasteiger partial charge < -0.3 is 5.11 Å². The molecular weight excluding hydrogens is 428 g/mol. The molecule has 160 valence electrons. The summed E-state index contributed by atoms with van der Waals surface area (Å²) >= 11 is 1.46. The van der Waals surface area contributed by atoms with Gasteiger partial charge in [-0.2, -0.15) is 16.1 Å². The van der Waals surface area contributed by atoms with Crippen LogP contribution >= 0.6 is 11.8 Å². The summed E-state index contributed by atoms with van der Waals surface area (Å²) in [5.74, 6) is -1.36. The second-order valence-electron chi connectivity index (χ2n) is 7.32. The van der Waals surface area contributed by atoms with Gasteiger partial charge in [0.1, 0.15) is 6.04 Å². The van der Waals surface area contributed by atoms with Gasteiger partial charge in [0.2, 0.25) is 10.0 Å². The van der Waals surface area contributed by atoms with Crippen molar-refractivity contribution in [2.75, 3.05) is 12.3 Å². The van der Waals surface area contributed by atoms with Crippen LogP contribution in [-0.4, -0.2) is 58.0 Å². The minimum absolute atomic E-state index is 0.0162. The maximum absolute atomic E-state index is 13.3. The van der Waals surface area contributed by atoms with Crippen molar-refractivity contribution in [1.82, 2.24) is 9.79 Å². The summed E-state index contributed by atoms with van der Waals surface area (Å²) in [6, 6.07) is 11.2. The average molecular weight is 451 g/mol. The van der Waals surface area contributed by atoms with E-state index in [2.05, 4.69) is 0 Å². The molecule has 1 atom stereocenters. The number of nitrogens with zero attached hydrogens (tertiary/aromatic N) is 1. The number of benzene rings is 2. The Hall–Kier alpha value is -2.40. The van der Waals surface area contributed by atoms with Gasteiger partial charge in [-0.25, -0.2) is 18.7 Å². The van der Waals surface area contributed by atoms with Crippen LogP contribution < -0.4 is 5.48 Å². The van der Waals surface area contributed by atoms with E-state index in [1.165, 1.54) is 30.0 Å². The molecule has 0 radical (unpaired) electrons. The number of carbonyl (C=O) groups excluding carboxylic acids is 1. The molecule has 1 saturated heterocycles. The maximum atomic E-state index is 13.3. The van der Waals surface area contributed by atoms with Gasteiger partial charge in [0, 0.05) is 17.0 Å². The summed E-state index contributed by atoms with van der Waals surface area (Å²) in [4.78, 5) is 23.7. The van der Waals surface area contributed by atoms with Gasteiger partial charge in [0.05, 0.1) is 10.5 Å². The highest BCUT2D eigenvalue weighted by Crippen LogP contribution is 2.38. The lowest BCUT2D eigenvalue weighted by atomic mass is 10.00. The maximum Gasteiger partial charge on any atom is 0.336 e. The predicted octanol–water partition coefficient (Wildman–Crippen LogP) is 2.44. The zero-order valence-electron chi connectivity index (χ0n) is 16.4. The van der Waals surface area contributed by atoms with Crippen LogP contribution in [0.4, 0.5) is 0 Å². The molecule has 3 N–H and O–H groups in total. The third kappa shape index (κ3) is 4.08. The Morgan fingerprint density at radius 3 is 2.37 bits per heavy atom. The summed E-state index contributed by atoms with van der Waals surface area (Å²) in [5.41, 5.74) is 2.73. The molecular formula is C20H22N2O6S2. The third-order valence-electron chi connectivity index (χ3n) is 5.02. The molecule has 1 amide bonds. The van der Waals surface area contributed by atoms with Gasteiger partial charge in [-0.05, 0) is 43.2 Å². The smallest absolute Gasteiger partial charge is 0.336 e. The molecule has 2 aromatic rings. The van der Waals surface area contributed by atoms with E-state index in [0.29, 0.717) is 16.9 Å². The normalized spacial score (nSPS) is 19.2. The molecule has 1 aliphatic rings. The van der Waals surface area contributed by atoms with Crippen LogP contribution in [-0.2, 0) is 14.8 Å². The lowest BCUT2D eigenvalue weighted by Crippen LogP contribution is -2.61. The standard InChI is InChI=1S/C20H22N2O6S2/c1-20(2)17(18(23)21-26)22(11-12-29-20)30(27,28)14-9-7-13(8-10-14)15-5-3-4-6-16(15)19(24)25/h3-10,17,26H,11-12H2,1-2H3,(H,21,23)(H,24,25). The Kier molecular flexibility index (Phi) is 6.23. The Morgan fingerprint density at radius 1 is 1.13 bits per heavy atom. The lowest BCUT2D eigenvalue weighted by molar-refractivity contribution is -0.134. The molecule has 1 heterocycles. The number of aromatic carboxylic acids is 1. The second kappa shape index (κ2) is 8.38. The first-order valence-electron chi connectivity index (χ1n) is 9.12. The molecule has 10 heteroatoms. The number of carbonyl (C=O) groups is 2. The number of hydrogen-bond donors (Lipinski definition) is 3. The van der Waals surface area contributed by atoms with E-state index in [-0.39, 0.29) is 17.0 Å². The number of carboxylic acid groups (broad SMARTS) is 1. The summed E-state index contributed by atoms with van der Waals surface area (Å²) in [7, 11) is -4.03. The van der Waals surface area contributed by atoms with Gasteiger partial charge in [-0.3, -0.25) is 10.0 Å². The second-order valence-corrected chi connectivity index (χ2v) is 11.0. The largest absolute Gasteiger partial charge is 0.478 e. The first-order valence-corrected chi connectivity index (χ1v) is 11.5. The molecule has 1 unspecified atom stereocenters. The van der Waals surface area contributed by atoms with Crippen molar-refractivity contribution in [1.29, 1.82) is 0 Å².